The molecule has 6 nitrogen and oxygen atoms in total. The van der Waals surface area contributed by atoms with E-state index in [1.54, 1.807) is 4.90 Å². The Bertz CT molecular complexity index is 813. The number of carbonyl (C=O) groups is 2. The Morgan fingerprint density at radius 2 is 1.93 bits per heavy atom. The number of benzene rings is 1. The van der Waals surface area contributed by atoms with Crippen LogP contribution < -0.4 is 5.32 Å². The summed E-state index contributed by atoms with van der Waals surface area (Å²) in [5.74, 6) is -0.0345. The van der Waals surface area contributed by atoms with Crippen molar-refractivity contribution in [2.75, 3.05) is 18.4 Å². The lowest BCUT2D eigenvalue weighted by Crippen LogP contribution is -2.47. The topological polar surface area (TPSA) is 57.6 Å². The van der Waals surface area contributed by atoms with Crippen LogP contribution in [0.2, 0.25) is 0 Å². The minimum Gasteiger partial charge on any atom is -0.353 e. The summed E-state index contributed by atoms with van der Waals surface area (Å²) in [5, 5.41) is 2.92. The minimum absolute atomic E-state index is 0.0345. The number of aromatic nitrogens is 1. The Morgan fingerprint density at radius 1 is 1.17 bits per heavy atom. The number of nitrogens with one attached hydrogen (secondary N) is 1. The summed E-state index contributed by atoms with van der Waals surface area (Å²) >= 11 is 0. The molecular weight excluding hydrogens is 364 g/mol. The summed E-state index contributed by atoms with van der Waals surface area (Å²) in [6.07, 6.45) is 3.93. The maximum absolute atomic E-state index is 13.1. The summed E-state index contributed by atoms with van der Waals surface area (Å²) in [6.45, 7) is 9.24. The molecule has 0 atom stereocenters. The number of hydrogen-bond acceptors (Lipinski definition) is 2. The zero-order valence-corrected chi connectivity index (χ0v) is 18.3. The molecule has 0 saturated carbocycles. The smallest absolute Gasteiger partial charge is 0.322 e. The summed E-state index contributed by atoms with van der Waals surface area (Å²) in [4.78, 5) is 29.4. The van der Waals surface area contributed by atoms with Crippen LogP contribution in [0.1, 0.15) is 44.9 Å². The Balaban J connectivity index is 2.09. The molecule has 1 N–H and O–H groups in total. The van der Waals surface area contributed by atoms with Gasteiger partial charge in [-0.3, -0.25) is 4.79 Å². The largest absolute Gasteiger partial charge is 0.353 e. The third-order valence-electron chi connectivity index (χ3n) is 5.00. The van der Waals surface area contributed by atoms with Gasteiger partial charge in [0, 0.05) is 37.2 Å². The SMILES string of the molecule is CCCCN(Cc1cccn1C)C(=O)CN(C(=O)Nc1cccc(C)c1)C(C)C. The van der Waals surface area contributed by atoms with Crippen molar-refractivity contribution < 1.29 is 9.59 Å². The molecule has 1 aromatic carbocycles. The molecule has 0 aliphatic rings. The third kappa shape index (κ3) is 6.66. The van der Waals surface area contributed by atoms with Crippen molar-refractivity contribution in [2.24, 2.45) is 7.05 Å². The highest BCUT2D eigenvalue weighted by atomic mass is 16.2. The van der Waals surface area contributed by atoms with Gasteiger partial charge in [-0.25, -0.2) is 4.79 Å². The van der Waals surface area contributed by atoms with Crippen LogP contribution in [0.25, 0.3) is 0 Å². The van der Waals surface area contributed by atoms with E-state index in [1.807, 2.05) is 79.9 Å². The fraction of sp³-hybridized carbons (Fsp3) is 0.478. The maximum atomic E-state index is 13.1. The van der Waals surface area contributed by atoms with Gasteiger partial charge in [0.25, 0.3) is 0 Å². The molecule has 0 bridgehead atoms. The van der Waals surface area contributed by atoms with Crippen molar-refractivity contribution in [3.63, 3.8) is 0 Å². The highest BCUT2D eigenvalue weighted by molar-refractivity contribution is 5.92. The lowest BCUT2D eigenvalue weighted by Gasteiger charge is -2.30. The quantitative estimate of drug-likeness (QED) is 0.680. The average molecular weight is 399 g/mol. The van der Waals surface area contributed by atoms with Crippen LogP contribution in [0, 0.1) is 6.92 Å². The van der Waals surface area contributed by atoms with Crippen LogP contribution in [-0.4, -0.2) is 45.4 Å². The molecular formula is C23H34N4O2. The van der Waals surface area contributed by atoms with E-state index in [0.717, 1.165) is 29.8 Å². The lowest BCUT2D eigenvalue weighted by atomic mass is 10.2. The molecule has 2 rings (SSSR count). The zero-order valence-electron chi connectivity index (χ0n) is 18.3. The van der Waals surface area contributed by atoms with E-state index in [-0.39, 0.29) is 24.5 Å². The molecule has 0 saturated heterocycles. The van der Waals surface area contributed by atoms with Gasteiger partial charge in [-0.2, -0.15) is 0 Å². The number of amides is 3. The van der Waals surface area contributed by atoms with Gasteiger partial charge in [-0.05, 0) is 57.0 Å². The van der Waals surface area contributed by atoms with Gasteiger partial charge in [-0.1, -0.05) is 25.5 Å². The third-order valence-corrected chi connectivity index (χ3v) is 5.00. The number of aryl methyl sites for hydroxylation is 2. The van der Waals surface area contributed by atoms with Crippen molar-refractivity contribution in [1.29, 1.82) is 0 Å². The van der Waals surface area contributed by atoms with Crippen molar-refractivity contribution in [2.45, 2.75) is 53.1 Å². The molecule has 0 aliphatic carbocycles. The Hall–Kier alpha value is -2.76. The van der Waals surface area contributed by atoms with Gasteiger partial charge < -0.3 is 19.7 Å². The predicted octanol–water partition coefficient (Wildman–Crippen LogP) is 4.40. The molecule has 2 aromatic rings. The standard InChI is InChI=1S/C23H34N4O2/c1-6-7-14-26(16-21-12-9-13-25(21)5)22(28)17-27(18(2)3)23(29)24-20-11-8-10-19(4)15-20/h8-13,15,18H,6-7,14,16-17H2,1-5H3,(H,24,29). The predicted molar refractivity (Wildman–Crippen MR) is 118 cm³/mol. The van der Waals surface area contributed by atoms with E-state index in [9.17, 15) is 9.59 Å². The molecule has 0 aliphatic heterocycles. The van der Waals surface area contributed by atoms with E-state index in [4.69, 9.17) is 0 Å². The van der Waals surface area contributed by atoms with Crippen LogP contribution in [0.15, 0.2) is 42.6 Å². The van der Waals surface area contributed by atoms with E-state index >= 15 is 0 Å². The van der Waals surface area contributed by atoms with Crippen molar-refractivity contribution in [3.05, 3.63) is 53.9 Å². The van der Waals surface area contributed by atoms with Gasteiger partial charge in [0.05, 0.1) is 6.54 Å². The van der Waals surface area contributed by atoms with Gasteiger partial charge >= 0.3 is 6.03 Å². The number of carbonyl (C=O) groups excluding carboxylic acids is 2. The molecule has 3 amide bonds. The van der Waals surface area contributed by atoms with E-state index in [2.05, 4.69) is 12.2 Å². The zero-order chi connectivity index (χ0) is 21.4. The highest BCUT2D eigenvalue weighted by Crippen LogP contribution is 2.13. The molecule has 1 aromatic heterocycles. The number of anilines is 1. The minimum atomic E-state index is -0.256. The fourth-order valence-corrected chi connectivity index (χ4v) is 3.15. The number of nitrogens with zero attached hydrogens (tertiary/aromatic N) is 3. The first-order valence-corrected chi connectivity index (χ1v) is 10.3. The first-order valence-electron chi connectivity index (χ1n) is 10.3. The van der Waals surface area contributed by atoms with E-state index < -0.39 is 0 Å². The molecule has 0 radical (unpaired) electrons. The summed E-state index contributed by atoms with van der Waals surface area (Å²) in [6, 6.07) is 11.3. The Kier molecular flexibility index (Phi) is 8.31. The lowest BCUT2D eigenvalue weighted by molar-refractivity contribution is -0.132. The number of hydrogen-bond donors (Lipinski definition) is 1. The average Bonchev–Trinajstić information content (AvgIpc) is 3.07. The van der Waals surface area contributed by atoms with Gasteiger partial charge in [-0.15, -0.1) is 0 Å². The van der Waals surface area contributed by atoms with Crippen LogP contribution in [0.3, 0.4) is 0 Å². The van der Waals surface area contributed by atoms with Crippen LogP contribution >= 0.6 is 0 Å². The van der Waals surface area contributed by atoms with Gasteiger partial charge in [0.2, 0.25) is 5.91 Å². The van der Waals surface area contributed by atoms with Crippen molar-refractivity contribution >= 4 is 17.6 Å². The fourth-order valence-electron chi connectivity index (χ4n) is 3.15. The molecule has 158 valence electrons. The van der Waals surface area contributed by atoms with Gasteiger partial charge in [0.1, 0.15) is 6.54 Å². The van der Waals surface area contributed by atoms with Crippen molar-refractivity contribution in [1.82, 2.24) is 14.4 Å². The number of unbranched alkanes of at least 4 members (excludes halogenated alkanes) is 1. The molecule has 6 heteroatoms. The maximum Gasteiger partial charge on any atom is 0.322 e. The van der Waals surface area contributed by atoms with E-state index in [1.165, 1.54) is 0 Å². The molecule has 0 fully saturated rings. The van der Waals surface area contributed by atoms with Crippen molar-refractivity contribution in [3.8, 4) is 0 Å². The van der Waals surface area contributed by atoms with Crippen LogP contribution in [0.5, 0.6) is 0 Å². The number of urea groups is 1. The first kappa shape index (κ1) is 22.5. The number of rotatable bonds is 9. The molecule has 1 heterocycles. The molecule has 0 spiro atoms. The second-order valence-corrected chi connectivity index (χ2v) is 7.80. The van der Waals surface area contributed by atoms with E-state index in [0.29, 0.717) is 13.1 Å². The summed E-state index contributed by atoms with van der Waals surface area (Å²) in [5.41, 5.74) is 2.89. The summed E-state index contributed by atoms with van der Waals surface area (Å²) in [7, 11) is 1.98. The molecule has 0 unspecified atom stereocenters. The summed E-state index contributed by atoms with van der Waals surface area (Å²) < 4.78 is 2.02. The first-order chi connectivity index (χ1) is 13.8. The highest BCUT2D eigenvalue weighted by Gasteiger charge is 2.24. The van der Waals surface area contributed by atoms with Crippen LogP contribution in [0.4, 0.5) is 10.5 Å². The second-order valence-electron chi connectivity index (χ2n) is 7.80. The normalized spacial score (nSPS) is 10.8. The Labute approximate surface area is 174 Å². The molecule has 29 heavy (non-hydrogen) atoms. The van der Waals surface area contributed by atoms with Crippen LogP contribution in [-0.2, 0) is 18.4 Å². The Morgan fingerprint density at radius 3 is 2.52 bits per heavy atom. The van der Waals surface area contributed by atoms with Gasteiger partial charge in [0.15, 0.2) is 0 Å². The second kappa shape index (κ2) is 10.7. The monoisotopic (exact) mass is 398 g/mol.